The first kappa shape index (κ1) is 21.2. The average Bonchev–Trinajstić information content (AvgIpc) is 2.75. The lowest BCUT2D eigenvalue weighted by atomic mass is 10.3. The van der Waals surface area contributed by atoms with Gasteiger partial charge in [-0.3, -0.25) is 4.98 Å². The second-order valence-electron chi connectivity index (χ2n) is 6.22. The third kappa shape index (κ3) is 5.50. The van der Waals surface area contributed by atoms with Crippen LogP contribution in [0.4, 0.5) is 17.5 Å². The predicted octanol–water partition coefficient (Wildman–Crippen LogP) is 2.44. The maximum Gasteiger partial charge on any atom is 0.240 e. The standard InChI is InChI=1S/C20H21N7O2S/c1-2-22-19-15(13-21)14-24-20(27-19)26-17-6-8-18(9-7-17)30(28,29)25-12-10-16-5-3-4-11-23-16/h3-9,11,14,25H,2,10,12H2,1H3,(H2,22,24,26,27). The second-order valence-corrected chi connectivity index (χ2v) is 7.98. The van der Waals surface area contributed by atoms with Crippen LogP contribution >= 0.6 is 0 Å². The first-order chi connectivity index (χ1) is 14.5. The van der Waals surface area contributed by atoms with Crippen molar-refractivity contribution >= 4 is 27.5 Å². The fourth-order valence-corrected chi connectivity index (χ4v) is 3.65. The summed E-state index contributed by atoms with van der Waals surface area (Å²) in [4.78, 5) is 12.7. The minimum Gasteiger partial charge on any atom is -0.369 e. The van der Waals surface area contributed by atoms with Gasteiger partial charge in [0.1, 0.15) is 17.5 Å². The molecular weight excluding hydrogens is 402 g/mol. The molecule has 3 N–H and O–H groups in total. The molecule has 0 aliphatic heterocycles. The third-order valence-corrected chi connectivity index (χ3v) is 5.55. The van der Waals surface area contributed by atoms with Crippen molar-refractivity contribution in [2.45, 2.75) is 18.2 Å². The molecule has 0 bridgehead atoms. The Labute approximate surface area is 175 Å². The lowest BCUT2D eigenvalue weighted by molar-refractivity contribution is 0.581. The number of benzene rings is 1. The molecule has 30 heavy (non-hydrogen) atoms. The van der Waals surface area contributed by atoms with Gasteiger partial charge >= 0.3 is 0 Å². The number of nitrogens with zero attached hydrogens (tertiary/aromatic N) is 4. The van der Waals surface area contributed by atoms with Crippen LogP contribution in [0.15, 0.2) is 59.8 Å². The Balaban J connectivity index is 1.64. The summed E-state index contributed by atoms with van der Waals surface area (Å²) >= 11 is 0. The molecule has 0 unspecified atom stereocenters. The van der Waals surface area contributed by atoms with Crippen LogP contribution in [0.2, 0.25) is 0 Å². The van der Waals surface area contributed by atoms with Crippen molar-refractivity contribution in [1.82, 2.24) is 19.7 Å². The van der Waals surface area contributed by atoms with E-state index >= 15 is 0 Å². The van der Waals surface area contributed by atoms with Crippen LogP contribution in [-0.2, 0) is 16.4 Å². The van der Waals surface area contributed by atoms with E-state index in [0.29, 0.717) is 36.0 Å². The lowest BCUT2D eigenvalue weighted by Gasteiger charge is -2.10. The van der Waals surface area contributed by atoms with Gasteiger partial charge in [0, 0.05) is 37.1 Å². The molecule has 0 aliphatic carbocycles. The average molecular weight is 424 g/mol. The van der Waals surface area contributed by atoms with E-state index in [1.807, 2.05) is 31.2 Å². The molecule has 154 valence electrons. The fourth-order valence-electron chi connectivity index (χ4n) is 2.62. The van der Waals surface area contributed by atoms with Crippen LogP contribution in [0.25, 0.3) is 0 Å². The van der Waals surface area contributed by atoms with Gasteiger partial charge in [0.25, 0.3) is 0 Å². The van der Waals surface area contributed by atoms with Gasteiger partial charge < -0.3 is 10.6 Å². The molecular formula is C20H21N7O2S. The topological polar surface area (TPSA) is 133 Å². The van der Waals surface area contributed by atoms with Gasteiger partial charge in [0.05, 0.1) is 11.1 Å². The van der Waals surface area contributed by atoms with Crippen molar-refractivity contribution < 1.29 is 8.42 Å². The Morgan fingerprint density at radius 2 is 1.90 bits per heavy atom. The van der Waals surface area contributed by atoms with E-state index in [2.05, 4.69) is 30.3 Å². The second kappa shape index (κ2) is 9.78. The van der Waals surface area contributed by atoms with Crippen LogP contribution in [0.3, 0.4) is 0 Å². The van der Waals surface area contributed by atoms with E-state index < -0.39 is 10.0 Å². The van der Waals surface area contributed by atoms with Crippen molar-refractivity contribution in [3.05, 3.63) is 66.1 Å². The quantitative estimate of drug-likeness (QED) is 0.478. The number of anilines is 3. The highest BCUT2D eigenvalue weighted by Crippen LogP contribution is 2.19. The zero-order chi connectivity index (χ0) is 21.4. The van der Waals surface area contributed by atoms with Gasteiger partial charge in [-0.25, -0.2) is 18.1 Å². The molecule has 0 aliphatic rings. The minimum absolute atomic E-state index is 0.156. The highest BCUT2D eigenvalue weighted by Gasteiger charge is 2.14. The third-order valence-electron chi connectivity index (χ3n) is 4.07. The van der Waals surface area contributed by atoms with E-state index in [1.165, 1.54) is 18.3 Å². The summed E-state index contributed by atoms with van der Waals surface area (Å²) in [6, 6.07) is 13.8. The Morgan fingerprint density at radius 1 is 1.10 bits per heavy atom. The molecule has 2 heterocycles. The number of pyridine rings is 1. The number of nitriles is 1. The summed E-state index contributed by atoms with van der Waals surface area (Å²) in [5.41, 5.74) is 1.79. The first-order valence-corrected chi connectivity index (χ1v) is 10.8. The molecule has 0 saturated heterocycles. The summed E-state index contributed by atoms with van der Waals surface area (Å²) in [5, 5.41) is 15.1. The Hall–Kier alpha value is -3.55. The summed E-state index contributed by atoms with van der Waals surface area (Å²) in [5.74, 6) is 0.739. The smallest absolute Gasteiger partial charge is 0.240 e. The van der Waals surface area contributed by atoms with Gasteiger partial charge in [-0.1, -0.05) is 6.07 Å². The minimum atomic E-state index is -3.63. The first-order valence-electron chi connectivity index (χ1n) is 9.29. The van der Waals surface area contributed by atoms with Crippen LogP contribution in [-0.4, -0.2) is 36.5 Å². The van der Waals surface area contributed by atoms with E-state index in [-0.39, 0.29) is 11.4 Å². The molecule has 2 aromatic heterocycles. The van der Waals surface area contributed by atoms with Gasteiger partial charge in [-0.05, 0) is 43.3 Å². The molecule has 0 amide bonds. The Morgan fingerprint density at radius 3 is 2.57 bits per heavy atom. The number of hydrogen-bond donors (Lipinski definition) is 3. The van der Waals surface area contributed by atoms with Crippen LogP contribution < -0.4 is 15.4 Å². The lowest BCUT2D eigenvalue weighted by Crippen LogP contribution is -2.26. The molecule has 3 rings (SSSR count). The van der Waals surface area contributed by atoms with Gasteiger partial charge in [0.15, 0.2) is 0 Å². The zero-order valence-corrected chi connectivity index (χ0v) is 17.1. The van der Waals surface area contributed by atoms with Gasteiger partial charge in [-0.15, -0.1) is 0 Å². The summed E-state index contributed by atoms with van der Waals surface area (Å²) in [6.07, 6.45) is 3.61. The summed E-state index contributed by atoms with van der Waals surface area (Å²) in [7, 11) is -3.63. The molecule has 0 radical (unpaired) electrons. The fraction of sp³-hybridized carbons (Fsp3) is 0.200. The normalized spacial score (nSPS) is 10.9. The Bertz CT molecular complexity index is 1130. The monoisotopic (exact) mass is 423 g/mol. The maximum atomic E-state index is 12.5. The zero-order valence-electron chi connectivity index (χ0n) is 16.3. The number of nitrogens with one attached hydrogen (secondary N) is 3. The maximum absolute atomic E-state index is 12.5. The molecule has 9 nitrogen and oxygen atoms in total. The molecule has 0 spiro atoms. The summed E-state index contributed by atoms with van der Waals surface area (Å²) in [6.45, 7) is 2.77. The SMILES string of the molecule is CCNc1nc(Nc2ccc(S(=O)(=O)NCCc3ccccn3)cc2)ncc1C#N. The van der Waals surface area contributed by atoms with Gasteiger partial charge in [-0.2, -0.15) is 10.2 Å². The molecule has 0 atom stereocenters. The van der Waals surface area contributed by atoms with Crippen molar-refractivity contribution in [3.63, 3.8) is 0 Å². The van der Waals surface area contributed by atoms with E-state index in [0.717, 1.165) is 5.69 Å². The predicted molar refractivity (Wildman–Crippen MR) is 114 cm³/mol. The van der Waals surface area contributed by atoms with Crippen molar-refractivity contribution in [2.75, 3.05) is 23.7 Å². The van der Waals surface area contributed by atoms with Gasteiger partial charge in [0.2, 0.25) is 16.0 Å². The number of aromatic nitrogens is 3. The molecule has 3 aromatic rings. The molecule has 1 aromatic carbocycles. The van der Waals surface area contributed by atoms with E-state index in [4.69, 9.17) is 5.26 Å². The van der Waals surface area contributed by atoms with E-state index in [9.17, 15) is 8.42 Å². The van der Waals surface area contributed by atoms with Crippen LogP contribution in [0.5, 0.6) is 0 Å². The number of hydrogen-bond acceptors (Lipinski definition) is 8. The molecule has 0 fully saturated rings. The largest absolute Gasteiger partial charge is 0.369 e. The van der Waals surface area contributed by atoms with E-state index in [1.54, 1.807) is 18.3 Å². The van der Waals surface area contributed by atoms with Crippen molar-refractivity contribution in [2.24, 2.45) is 0 Å². The van der Waals surface area contributed by atoms with Crippen LogP contribution in [0, 0.1) is 11.3 Å². The number of rotatable bonds is 9. The van der Waals surface area contributed by atoms with Crippen molar-refractivity contribution in [3.8, 4) is 6.07 Å². The van der Waals surface area contributed by atoms with Crippen LogP contribution in [0.1, 0.15) is 18.2 Å². The number of sulfonamides is 1. The highest BCUT2D eigenvalue weighted by atomic mass is 32.2. The molecule has 0 saturated carbocycles. The molecule has 10 heteroatoms. The Kier molecular flexibility index (Phi) is 6.90. The van der Waals surface area contributed by atoms with Crippen molar-refractivity contribution in [1.29, 1.82) is 5.26 Å². The summed E-state index contributed by atoms with van der Waals surface area (Å²) < 4.78 is 27.5. The highest BCUT2D eigenvalue weighted by molar-refractivity contribution is 7.89.